The molecular formula is C18H30N2O. The summed E-state index contributed by atoms with van der Waals surface area (Å²) in [6.07, 6.45) is 4.85. The van der Waals surface area contributed by atoms with E-state index < -0.39 is 0 Å². The Balaban J connectivity index is 1.96. The number of nitrogens with two attached hydrogens (primary N) is 1. The van der Waals surface area contributed by atoms with Crippen LogP contribution >= 0.6 is 0 Å². The van der Waals surface area contributed by atoms with Gasteiger partial charge in [0.2, 0.25) is 0 Å². The van der Waals surface area contributed by atoms with Gasteiger partial charge in [-0.15, -0.1) is 0 Å². The zero-order chi connectivity index (χ0) is 15.3. The number of piperidine rings is 1. The van der Waals surface area contributed by atoms with Gasteiger partial charge in [0, 0.05) is 18.6 Å². The SMILES string of the molecule is COc1ccc(CCC(C)(CN)N2CCCC(C)C2)cc1. The predicted molar refractivity (Wildman–Crippen MR) is 88.7 cm³/mol. The second kappa shape index (κ2) is 7.28. The Hall–Kier alpha value is -1.06. The summed E-state index contributed by atoms with van der Waals surface area (Å²) < 4.78 is 5.21. The summed E-state index contributed by atoms with van der Waals surface area (Å²) in [6, 6.07) is 8.40. The monoisotopic (exact) mass is 290 g/mol. The van der Waals surface area contributed by atoms with Crippen molar-refractivity contribution in [2.45, 2.75) is 45.1 Å². The molecule has 0 saturated carbocycles. The summed E-state index contributed by atoms with van der Waals surface area (Å²) in [7, 11) is 1.71. The van der Waals surface area contributed by atoms with Gasteiger partial charge in [0.05, 0.1) is 7.11 Å². The number of aryl methyl sites for hydroxylation is 1. The van der Waals surface area contributed by atoms with E-state index in [4.69, 9.17) is 10.5 Å². The molecule has 2 atom stereocenters. The van der Waals surface area contributed by atoms with Crippen molar-refractivity contribution < 1.29 is 4.74 Å². The quantitative estimate of drug-likeness (QED) is 0.875. The van der Waals surface area contributed by atoms with Crippen molar-refractivity contribution in [3.05, 3.63) is 29.8 Å². The molecule has 0 spiro atoms. The third kappa shape index (κ3) is 4.21. The Bertz CT molecular complexity index is 431. The fraction of sp³-hybridized carbons (Fsp3) is 0.667. The van der Waals surface area contributed by atoms with Crippen molar-refractivity contribution in [1.29, 1.82) is 0 Å². The molecule has 3 heteroatoms. The number of likely N-dealkylation sites (tertiary alicyclic amines) is 1. The molecule has 0 bridgehead atoms. The van der Waals surface area contributed by atoms with E-state index in [1.807, 2.05) is 12.1 Å². The van der Waals surface area contributed by atoms with Gasteiger partial charge in [-0.1, -0.05) is 19.1 Å². The molecule has 2 rings (SSSR count). The van der Waals surface area contributed by atoms with E-state index in [2.05, 4.69) is 30.9 Å². The van der Waals surface area contributed by atoms with E-state index in [1.54, 1.807) is 7.11 Å². The van der Waals surface area contributed by atoms with Gasteiger partial charge in [0.15, 0.2) is 0 Å². The fourth-order valence-electron chi connectivity index (χ4n) is 3.27. The van der Waals surface area contributed by atoms with Crippen molar-refractivity contribution in [2.24, 2.45) is 11.7 Å². The van der Waals surface area contributed by atoms with Crippen molar-refractivity contribution in [3.63, 3.8) is 0 Å². The number of hydrogen-bond donors (Lipinski definition) is 1. The van der Waals surface area contributed by atoms with E-state index >= 15 is 0 Å². The van der Waals surface area contributed by atoms with E-state index in [0.717, 1.165) is 31.1 Å². The molecular weight excluding hydrogens is 260 g/mol. The third-order valence-corrected chi connectivity index (χ3v) is 4.97. The first kappa shape index (κ1) is 16.3. The Morgan fingerprint density at radius 2 is 2.05 bits per heavy atom. The fourth-order valence-corrected chi connectivity index (χ4v) is 3.27. The van der Waals surface area contributed by atoms with Gasteiger partial charge < -0.3 is 10.5 Å². The van der Waals surface area contributed by atoms with Crippen molar-refractivity contribution in [3.8, 4) is 5.75 Å². The van der Waals surface area contributed by atoms with E-state index in [9.17, 15) is 0 Å². The minimum atomic E-state index is 0.120. The average Bonchev–Trinajstić information content (AvgIpc) is 2.53. The highest BCUT2D eigenvalue weighted by molar-refractivity contribution is 5.27. The number of hydrogen-bond acceptors (Lipinski definition) is 3. The van der Waals surface area contributed by atoms with E-state index in [-0.39, 0.29) is 5.54 Å². The maximum Gasteiger partial charge on any atom is 0.118 e. The minimum Gasteiger partial charge on any atom is -0.497 e. The first-order chi connectivity index (χ1) is 10.1. The van der Waals surface area contributed by atoms with Gasteiger partial charge in [-0.3, -0.25) is 4.90 Å². The zero-order valence-corrected chi connectivity index (χ0v) is 13.8. The van der Waals surface area contributed by atoms with Crippen LogP contribution in [0.2, 0.25) is 0 Å². The molecule has 0 radical (unpaired) electrons. The molecule has 1 aliphatic heterocycles. The van der Waals surface area contributed by atoms with Crippen LogP contribution in [0, 0.1) is 5.92 Å². The molecule has 3 nitrogen and oxygen atoms in total. The van der Waals surface area contributed by atoms with Crippen LogP contribution in [0.25, 0.3) is 0 Å². The molecule has 1 aliphatic rings. The Morgan fingerprint density at radius 1 is 1.33 bits per heavy atom. The van der Waals surface area contributed by atoms with Crippen LogP contribution in [0.5, 0.6) is 5.75 Å². The maximum atomic E-state index is 6.13. The maximum absolute atomic E-state index is 6.13. The number of methoxy groups -OCH3 is 1. The van der Waals surface area contributed by atoms with E-state index in [1.165, 1.54) is 31.5 Å². The Labute approximate surface area is 129 Å². The van der Waals surface area contributed by atoms with Crippen LogP contribution in [0.3, 0.4) is 0 Å². The Kier molecular flexibility index (Phi) is 5.65. The molecule has 1 fully saturated rings. The normalized spacial score (nSPS) is 22.8. The van der Waals surface area contributed by atoms with Crippen molar-refractivity contribution in [2.75, 3.05) is 26.7 Å². The van der Waals surface area contributed by atoms with E-state index in [0.29, 0.717) is 0 Å². The number of rotatable bonds is 6. The van der Waals surface area contributed by atoms with Crippen LogP contribution in [-0.4, -0.2) is 37.2 Å². The van der Waals surface area contributed by atoms with Crippen LogP contribution < -0.4 is 10.5 Å². The first-order valence-corrected chi connectivity index (χ1v) is 8.15. The summed E-state index contributed by atoms with van der Waals surface area (Å²) in [5, 5.41) is 0. The summed E-state index contributed by atoms with van der Waals surface area (Å²) >= 11 is 0. The van der Waals surface area contributed by atoms with Gasteiger partial charge in [0.25, 0.3) is 0 Å². The lowest BCUT2D eigenvalue weighted by molar-refractivity contribution is 0.0579. The molecule has 118 valence electrons. The Morgan fingerprint density at radius 3 is 2.62 bits per heavy atom. The topological polar surface area (TPSA) is 38.5 Å². The standard InChI is InChI=1S/C18H30N2O/c1-15-5-4-12-20(13-15)18(2,14-19)11-10-16-6-8-17(21-3)9-7-16/h6-9,15H,4-5,10-14,19H2,1-3H3. The molecule has 1 saturated heterocycles. The predicted octanol–water partition coefficient (Wildman–Crippen LogP) is 3.08. The molecule has 2 unspecified atom stereocenters. The molecule has 21 heavy (non-hydrogen) atoms. The number of nitrogens with zero attached hydrogens (tertiary/aromatic N) is 1. The van der Waals surface area contributed by atoms with Crippen LogP contribution in [0.1, 0.15) is 38.7 Å². The highest BCUT2D eigenvalue weighted by Gasteiger charge is 2.32. The average molecular weight is 290 g/mol. The zero-order valence-electron chi connectivity index (χ0n) is 13.8. The smallest absolute Gasteiger partial charge is 0.118 e. The summed E-state index contributed by atoms with van der Waals surface area (Å²) in [4.78, 5) is 2.62. The molecule has 0 amide bonds. The van der Waals surface area contributed by atoms with Crippen LogP contribution in [0.4, 0.5) is 0 Å². The first-order valence-electron chi connectivity index (χ1n) is 8.15. The van der Waals surface area contributed by atoms with Gasteiger partial charge in [-0.25, -0.2) is 0 Å². The lowest BCUT2D eigenvalue weighted by Gasteiger charge is -2.45. The summed E-state index contributed by atoms with van der Waals surface area (Å²) in [5.41, 5.74) is 7.61. The van der Waals surface area contributed by atoms with Gasteiger partial charge in [-0.05, 0) is 62.8 Å². The second-order valence-electron chi connectivity index (χ2n) is 6.74. The molecule has 1 aromatic carbocycles. The molecule has 1 heterocycles. The van der Waals surface area contributed by atoms with Gasteiger partial charge in [0.1, 0.15) is 5.75 Å². The number of benzene rings is 1. The second-order valence-corrected chi connectivity index (χ2v) is 6.74. The van der Waals surface area contributed by atoms with Gasteiger partial charge in [-0.2, -0.15) is 0 Å². The third-order valence-electron chi connectivity index (χ3n) is 4.97. The van der Waals surface area contributed by atoms with Crippen molar-refractivity contribution >= 4 is 0 Å². The molecule has 0 aromatic heterocycles. The van der Waals surface area contributed by atoms with Crippen LogP contribution in [-0.2, 0) is 6.42 Å². The highest BCUT2D eigenvalue weighted by atomic mass is 16.5. The largest absolute Gasteiger partial charge is 0.497 e. The summed E-state index contributed by atoms with van der Waals surface area (Å²) in [6.45, 7) is 7.80. The molecule has 0 aliphatic carbocycles. The minimum absolute atomic E-state index is 0.120. The van der Waals surface area contributed by atoms with Crippen LogP contribution in [0.15, 0.2) is 24.3 Å². The lowest BCUT2D eigenvalue weighted by atomic mass is 9.87. The molecule has 1 aromatic rings. The molecule has 2 N–H and O–H groups in total. The van der Waals surface area contributed by atoms with Gasteiger partial charge >= 0.3 is 0 Å². The number of ether oxygens (including phenoxy) is 1. The lowest BCUT2D eigenvalue weighted by Crippen LogP contribution is -2.55. The summed E-state index contributed by atoms with van der Waals surface area (Å²) in [5.74, 6) is 1.72. The highest BCUT2D eigenvalue weighted by Crippen LogP contribution is 2.27. The van der Waals surface area contributed by atoms with Crippen molar-refractivity contribution in [1.82, 2.24) is 4.90 Å².